The Hall–Kier alpha value is -1.14. The van der Waals surface area contributed by atoms with Crippen LogP contribution in [0.3, 0.4) is 0 Å². The van der Waals surface area contributed by atoms with Gasteiger partial charge in [-0.1, -0.05) is 0 Å². The van der Waals surface area contributed by atoms with Gasteiger partial charge in [0.25, 0.3) is 0 Å². The highest BCUT2D eigenvalue weighted by atomic mass is 32.1. The van der Waals surface area contributed by atoms with Crippen molar-refractivity contribution >= 4 is 22.4 Å². The average molecular weight is 294 g/mol. The van der Waals surface area contributed by atoms with E-state index >= 15 is 0 Å². The van der Waals surface area contributed by atoms with E-state index in [0.29, 0.717) is 17.2 Å². The number of thiazole rings is 1. The molecule has 20 heavy (non-hydrogen) atoms. The number of carbonyl (C=O) groups is 1. The highest BCUT2D eigenvalue weighted by Gasteiger charge is 2.35. The van der Waals surface area contributed by atoms with Gasteiger partial charge in [-0.15, -0.1) is 11.3 Å². The van der Waals surface area contributed by atoms with Crippen LogP contribution in [-0.4, -0.2) is 45.9 Å². The highest BCUT2D eigenvalue weighted by Crippen LogP contribution is 2.30. The van der Waals surface area contributed by atoms with Gasteiger partial charge in [0.05, 0.1) is 0 Å². The summed E-state index contributed by atoms with van der Waals surface area (Å²) in [5, 5.41) is 0.638. The lowest BCUT2D eigenvalue weighted by Crippen LogP contribution is -2.43. The fraction of sp³-hybridized carbons (Fsp3) is 0.714. The minimum Gasteiger partial charge on any atom is -0.375 e. The van der Waals surface area contributed by atoms with Crippen molar-refractivity contribution in [2.75, 3.05) is 18.8 Å². The van der Waals surface area contributed by atoms with Crippen molar-refractivity contribution in [1.29, 1.82) is 0 Å². The number of nitrogens with zero attached hydrogens (tertiary/aromatic N) is 3. The van der Waals surface area contributed by atoms with Crippen molar-refractivity contribution in [2.24, 2.45) is 0 Å². The first-order valence-corrected chi connectivity index (χ1v) is 8.16. The second kappa shape index (κ2) is 5.69. The first kappa shape index (κ1) is 13.8. The zero-order valence-corrected chi connectivity index (χ0v) is 12.7. The van der Waals surface area contributed by atoms with Crippen LogP contribution < -0.4 is 5.73 Å². The summed E-state index contributed by atoms with van der Waals surface area (Å²) in [6.07, 6.45) is 6.63. The van der Waals surface area contributed by atoms with E-state index in [1.807, 2.05) is 6.20 Å². The van der Waals surface area contributed by atoms with Crippen LogP contribution in [0.2, 0.25) is 0 Å². The van der Waals surface area contributed by atoms with Crippen LogP contribution in [-0.2, 0) is 11.3 Å². The molecule has 6 heteroatoms. The molecule has 1 unspecified atom stereocenters. The maximum Gasteiger partial charge on any atom is 0.219 e. The maximum absolute atomic E-state index is 11.8. The van der Waals surface area contributed by atoms with Gasteiger partial charge in [0.1, 0.15) is 0 Å². The number of carbonyl (C=O) groups excluding carboxylic acids is 1. The second-order valence-electron chi connectivity index (χ2n) is 5.83. The standard InChI is InChI=1S/C14H22N4OS/c1-10(19)18(11-4-5-11)8-12-3-2-6-17(12)9-13-7-16-14(15)20-13/h7,11-12H,2-6,8-9H2,1H3,(H2,15,16). The quantitative estimate of drug-likeness (QED) is 0.898. The zero-order chi connectivity index (χ0) is 14.1. The van der Waals surface area contributed by atoms with E-state index in [0.717, 1.165) is 19.6 Å². The molecule has 2 aliphatic rings. The SMILES string of the molecule is CC(=O)N(CC1CCCN1Cc1cnc(N)s1)C1CC1. The van der Waals surface area contributed by atoms with Crippen LogP contribution >= 0.6 is 11.3 Å². The van der Waals surface area contributed by atoms with Gasteiger partial charge in [-0.25, -0.2) is 4.98 Å². The summed E-state index contributed by atoms with van der Waals surface area (Å²) in [7, 11) is 0. The van der Waals surface area contributed by atoms with Crippen molar-refractivity contribution in [3.8, 4) is 0 Å². The largest absolute Gasteiger partial charge is 0.375 e. The molecule has 1 saturated carbocycles. The monoisotopic (exact) mass is 294 g/mol. The number of aromatic nitrogens is 1. The molecule has 1 aromatic rings. The van der Waals surface area contributed by atoms with Gasteiger partial charge in [0, 0.05) is 43.2 Å². The third kappa shape index (κ3) is 3.12. The molecule has 110 valence electrons. The molecule has 1 atom stereocenters. The smallest absolute Gasteiger partial charge is 0.219 e. The number of likely N-dealkylation sites (tertiary alicyclic amines) is 1. The number of amides is 1. The predicted molar refractivity (Wildman–Crippen MR) is 80.4 cm³/mol. The molecule has 1 aromatic heterocycles. The number of hydrogen-bond acceptors (Lipinski definition) is 5. The lowest BCUT2D eigenvalue weighted by Gasteiger charge is -2.30. The molecule has 3 rings (SSSR count). The van der Waals surface area contributed by atoms with Crippen molar-refractivity contribution in [3.63, 3.8) is 0 Å². The lowest BCUT2D eigenvalue weighted by molar-refractivity contribution is -0.130. The molecule has 2 N–H and O–H groups in total. The summed E-state index contributed by atoms with van der Waals surface area (Å²) in [4.78, 5) is 21.6. The Labute approximate surface area is 123 Å². The summed E-state index contributed by atoms with van der Waals surface area (Å²) < 4.78 is 0. The van der Waals surface area contributed by atoms with Gasteiger partial charge in [-0.2, -0.15) is 0 Å². The molecular formula is C14H22N4OS. The Morgan fingerprint density at radius 3 is 2.95 bits per heavy atom. The van der Waals surface area contributed by atoms with Crippen molar-refractivity contribution < 1.29 is 4.79 Å². The van der Waals surface area contributed by atoms with Crippen LogP contribution in [0.5, 0.6) is 0 Å². The summed E-state index contributed by atoms with van der Waals surface area (Å²) in [5.41, 5.74) is 5.69. The van der Waals surface area contributed by atoms with E-state index in [9.17, 15) is 4.79 Å². The fourth-order valence-electron chi connectivity index (χ4n) is 3.05. The second-order valence-corrected chi connectivity index (χ2v) is 6.98. The first-order valence-electron chi connectivity index (χ1n) is 7.35. The number of nitrogen functional groups attached to an aromatic ring is 1. The fourth-order valence-corrected chi connectivity index (χ4v) is 3.76. The predicted octanol–water partition coefficient (Wildman–Crippen LogP) is 1.70. The third-order valence-electron chi connectivity index (χ3n) is 4.23. The van der Waals surface area contributed by atoms with E-state index in [-0.39, 0.29) is 5.91 Å². The molecule has 1 aliphatic carbocycles. The number of anilines is 1. The van der Waals surface area contributed by atoms with Gasteiger partial charge in [0.2, 0.25) is 5.91 Å². The Morgan fingerprint density at radius 2 is 2.35 bits per heavy atom. The van der Waals surface area contributed by atoms with Crippen molar-refractivity contribution in [1.82, 2.24) is 14.8 Å². The normalized spacial score (nSPS) is 23.1. The van der Waals surface area contributed by atoms with E-state index < -0.39 is 0 Å². The third-order valence-corrected chi connectivity index (χ3v) is 5.04. The maximum atomic E-state index is 11.8. The molecule has 1 aliphatic heterocycles. The van der Waals surface area contributed by atoms with Gasteiger partial charge in [-0.05, 0) is 32.2 Å². The molecule has 1 amide bonds. The average Bonchev–Trinajstić information content (AvgIpc) is 3.02. The first-order chi connectivity index (χ1) is 9.63. The summed E-state index contributed by atoms with van der Waals surface area (Å²) in [6.45, 7) is 4.60. The van der Waals surface area contributed by atoms with E-state index in [2.05, 4.69) is 14.8 Å². The van der Waals surface area contributed by atoms with Crippen LogP contribution in [0.1, 0.15) is 37.5 Å². The van der Waals surface area contributed by atoms with Crippen molar-refractivity contribution in [3.05, 3.63) is 11.1 Å². The van der Waals surface area contributed by atoms with Crippen LogP contribution in [0.25, 0.3) is 0 Å². The molecule has 0 spiro atoms. The molecular weight excluding hydrogens is 272 g/mol. The number of hydrogen-bond donors (Lipinski definition) is 1. The highest BCUT2D eigenvalue weighted by molar-refractivity contribution is 7.15. The van der Waals surface area contributed by atoms with Crippen molar-refractivity contribution in [2.45, 2.75) is 51.2 Å². The summed E-state index contributed by atoms with van der Waals surface area (Å²) in [6, 6.07) is 0.997. The Kier molecular flexibility index (Phi) is 3.94. The minimum atomic E-state index is 0.224. The van der Waals surface area contributed by atoms with Gasteiger partial charge in [0.15, 0.2) is 5.13 Å². The molecule has 1 saturated heterocycles. The molecule has 5 nitrogen and oxygen atoms in total. The molecule has 0 radical (unpaired) electrons. The Bertz CT molecular complexity index is 485. The topological polar surface area (TPSA) is 62.5 Å². The molecule has 0 bridgehead atoms. The number of rotatable bonds is 5. The van der Waals surface area contributed by atoms with Crippen LogP contribution in [0, 0.1) is 0 Å². The molecule has 2 heterocycles. The van der Waals surface area contributed by atoms with Gasteiger partial charge in [-0.3, -0.25) is 9.69 Å². The Morgan fingerprint density at radius 1 is 1.55 bits per heavy atom. The minimum absolute atomic E-state index is 0.224. The lowest BCUT2D eigenvalue weighted by atomic mass is 10.2. The zero-order valence-electron chi connectivity index (χ0n) is 11.9. The molecule has 0 aromatic carbocycles. The van der Waals surface area contributed by atoms with Gasteiger partial charge < -0.3 is 10.6 Å². The van der Waals surface area contributed by atoms with Crippen LogP contribution in [0.4, 0.5) is 5.13 Å². The Balaban J connectivity index is 1.61. The van der Waals surface area contributed by atoms with Crippen LogP contribution in [0.15, 0.2) is 6.20 Å². The summed E-state index contributed by atoms with van der Waals surface area (Å²) in [5.74, 6) is 0.224. The van der Waals surface area contributed by atoms with E-state index in [1.54, 1.807) is 18.3 Å². The number of nitrogens with two attached hydrogens (primary N) is 1. The summed E-state index contributed by atoms with van der Waals surface area (Å²) >= 11 is 1.56. The van der Waals surface area contributed by atoms with E-state index in [1.165, 1.54) is 30.6 Å². The molecule has 2 fully saturated rings. The van der Waals surface area contributed by atoms with Gasteiger partial charge >= 0.3 is 0 Å². The van der Waals surface area contributed by atoms with E-state index in [4.69, 9.17) is 5.73 Å².